The Hall–Kier alpha value is -3.52. The van der Waals surface area contributed by atoms with E-state index in [9.17, 15) is 9.18 Å². The van der Waals surface area contributed by atoms with Gasteiger partial charge in [-0.15, -0.1) is 16.4 Å². The van der Waals surface area contributed by atoms with Crippen LogP contribution in [0.4, 0.5) is 10.3 Å². The number of carbonyl (C=O) groups excluding carboxylic acids is 1. The number of aromatic nitrogens is 3. The molecular weight excluding hydrogens is 415 g/mol. The molecule has 0 saturated carbocycles. The highest BCUT2D eigenvalue weighted by atomic mass is 32.1. The van der Waals surface area contributed by atoms with E-state index in [0.29, 0.717) is 18.0 Å². The smallest absolute Gasteiger partial charge is 0.268 e. The average molecular weight is 437 g/mol. The normalized spacial score (nSPS) is 10.8. The molecule has 4 aromatic rings. The third kappa shape index (κ3) is 5.16. The third-order valence-corrected chi connectivity index (χ3v) is 5.64. The number of carbonyl (C=O) groups is 1. The summed E-state index contributed by atoms with van der Waals surface area (Å²) in [4.78, 5) is 17.2. The number of hydrogen-bond donors (Lipinski definition) is 1. The van der Waals surface area contributed by atoms with E-state index in [1.807, 2.05) is 37.4 Å². The molecule has 31 heavy (non-hydrogen) atoms. The molecule has 0 atom stereocenters. The van der Waals surface area contributed by atoms with Crippen LogP contribution in [0.15, 0.2) is 60.2 Å². The Morgan fingerprint density at radius 1 is 1.13 bits per heavy atom. The van der Waals surface area contributed by atoms with Gasteiger partial charge in [0.15, 0.2) is 0 Å². The Labute approximate surface area is 183 Å². The predicted octanol–water partition coefficient (Wildman–Crippen LogP) is 4.98. The summed E-state index contributed by atoms with van der Waals surface area (Å²) in [5.74, 6) is 0.476. The first-order valence-electron chi connectivity index (χ1n) is 9.69. The SMILES string of the molecule is Cc1cccc(C)c1OCc1csc(C(=O)Nc2ncn(Cc3cccc(F)c3)n2)c1. The summed E-state index contributed by atoms with van der Waals surface area (Å²) < 4.78 is 20.8. The van der Waals surface area contributed by atoms with Crippen molar-refractivity contribution in [1.29, 1.82) is 0 Å². The monoisotopic (exact) mass is 436 g/mol. The molecule has 0 aliphatic rings. The van der Waals surface area contributed by atoms with E-state index < -0.39 is 0 Å². The van der Waals surface area contributed by atoms with E-state index in [1.165, 1.54) is 29.8 Å². The highest BCUT2D eigenvalue weighted by molar-refractivity contribution is 7.12. The zero-order chi connectivity index (χ0) is 21.8. The summed E-state index contributed by atoms with van der Waals surface area (Å²) >= 11 is 1.34. The van der Waals surface area contributed by atoms with Crippen molar-refractivity contribution in [1.82, 2.24) is 14.8 Å². The molecule has 0 bridgehead atoms. The highest BCUT2D eigenvalue weighted by Gasteiger charge is 2.13. The summed E-state index contributed by atoms with van der Waals surface area (Å²) in [6.45, 7) is 4.76. The van der Waals surface area contributed by atoms with Crippen molar-refractivity contribution in [3.05, 3.63) is 93.2 Å². The lowest BCUT2D eigenvalue weighted by atomic mass is 10.1. The van der Waals surface area contributed by atoms with Crippen molar-refractivity contribution in [2.45, 2.75) is 27.0 Å². The van der Waals surface area contributed by atoms with Gasteiger partial charge in [-0.3, -0.25) is 10.1 Å². The number of nitrogens with zero attached hydrogens (tertiary/aromatic N) is 3. The van der Waals surface area contributed by atoms with E-state index in [1.54, 1.807) is 22.9 Å². The minimum absolute atomic E-state index is 0.197. The van der Waals surface area contributed by atoms with Crippen LogP contribution >= 0.6 is 11.3 Å². The first kappa shape index (κ1) is 20.7. The standard InChI is InChI=1S/C23H21FN4O2S/c1-15-5-3-6-16(2)21(15)30-12-18-10-20(31-13-18)22(29)26-23-25-14-28(27-23)11-17-7-4-8-19(24)9-17/h3-10,13-14H,11-12H2,1-2H3,(H,26,27,29). The fourth-order valence-electron chi connectivity index (χ4n) is 3.17. The van der Waals surface area contributed by atoms with Crippen LogP contribution in [0.2, 0.25) is 0 Å². The number of hydrogen-bond acceptors (Lipinski definition) is 5. The van der Waals surface area contributed by atoms with Gasteiger partial charge in [0.1, 0.15) is 24.5 Å². The van der Waals surface area contributed by atoms with Gasteiger partial charge in [-0.1, -0.05) is 30.3 Å². The van der Waals surface area contributed by atoms with E-state index >= 15 is 0 Å². The maximum Gasteiger partial charge on any atom is 0.268 e. The molecule has 2 heterocycles. The van der Waals surface area contributed by atoms with Crippen LogP contribution in [0.5, 0.6) is 5.75 Å². The fourth-order valence-corrected chi connectivity index (χ4v) is 3.96. The summed E-state index contributed by atoms with van der Waals surface area (Å²) in [5.41, 5.74) is 3.83. The number of anilines is 1. The number of aryl methyl sites for hydroxylation is 2. The van der Waals surface area contributed by atoms with Crippen molar-refractivity contribution in [2.24, 2.45) is 0 Å². The van der Waals surface area contributed by atoms with Gasteiger partial charge in [0, 0.05) is 5.56 Å². The maximum absolute atomic E-state index is 13.3. The number of nitrogens with one attached hydrogen (secondary N) is 1. The number of para-hydroxylation sites is 1. The lowest BCUT2D eigenvalue weighted by Gasteiger charge is -2.10. The highest BCUT2D eigenvalue weighted by Crippen LogP contribution is 2.24. The minimum Gasteiger partial charge on any atom is -0.488 e. The Bertz CT molecular complexity index is 1200. The van der Waals surface area contributed by atoms with Crippen LogP contribution in [0.25, 0.3) is 0 Å². The molecule has 0 saturated heterocycles. The second-order valence-corrected chi connectivity index (χ2v) is 8.09. The Morgan fingerprint density at radius 2 is 1.90 bits per heavy atom. The number of ether oxygens (including phenoxy) is 1. The molecule has 6 nitrogen and oxygen atoms in total. The van der Waals surface area contributed by atoms with Gasteiger partial charge in [-0.2, -0.15) is 0 Å². The summed E-state index contributed by atoms with van der Waals surface area (Å²) in [6.07, 6.45) is 1.50. The number of benzene rings is 2. The molecule has 2 aromatic heterocycles. The summed E-state index contributed by atoms with van der Waals surface area (Å²) in [7, 11) is 0. The van der Waals surface area contributed by atoms with Crippen LogP contribution < -0.4 is 10.1 Å². The van der Waals surface area contributed by atoms with Crippen LogP contribution in [0.3, 0.4) is 0 Å². The third-order valence-electron chi connectivity index (χ3n) is 4.66. The molecule has 0 aliphatic heterocycles. The molecule has 1 amide bonds. The zero-order valence-corrected chi connectivity index (χ0v) is 17.9. The zero-order valence-electron chi connectivity index (χ0n) is 17.1. The Balaban J connectivity index is 1.35. The first-order chi connectivity index (χ1) is 15.0. The average Bonchev–Trinajstić information content (AvgIpc) is 3.37. The Morgan fingerprint density at radius 3 is 2.68 bits per heavy atom. The molecular formula is C23H21FN4O2S. The summed E-state index contributed by atoms with van der Waals surface area (Å²) in [5, 5.41) is 8.83. The second-order valence-electron chi connectivity index (χ2n) is 7.18. The fraction of sp³-hybridized carbons (Fsp3) is 0.174. The molecule has 158 valence electrons. The first-order valence-corrected chi connectivity index (χ1v) is 10.6. The molecule has 0 aliphatic carbocycles. The van der Waals surface area contributed by atoms with E-state index in [4.69, 9.17) is 4.74 Å². The van der Waals surface area contributed by atoms with Crippen molar-refractivity contribution in [3.8, 4) is 5.75 Å². The van der Waals surface area contributed by atoms with Crippen molar-refractivity contribution in [3.63, 3.8) is 0 Å². The summed E-state index contributed by atoms with van der Waals surface area (Å²) in [6, 6.07) is 14.1. The molecule has 0 radical (unpaired) electrons. The molecule has 0 spiro atoms. The van der Waals surface area contributed by atoms with Gasteiger partial charge in [0.05, 0.1) is 11.4 Å². The van der Waals surface area contributed by atoms with Crippen molar-refractivity contribution < 1.29 is 13.9 Å². The topological polar surface area (TPSA) is 69.0 Å². The van der Waals surface area contributed by atoms with Gasteiger partial charge in [-0.05, 0) is 54.1 Å². The molecule has 1 N–H and O–H groups in total. The Kier molecular flexibility index (Phi) is 6.08. The number of halogens is 1. The van der Waals surface area contributed by atoms with Gasteiger partial charge < -0.3 is 4.74 Å². The largest absolute Gasteiger partial charge is 0.488 e. The molecule has 0 unspecified atom stereocenters. The molecule has 4 rings (SSSR count). The van der Waals surface area contributed by atoms with Crippen molar-refractivity contribution >= 4 is 23.2 Å². The van der Waals surface area contributed by atoms with E-state index in [2.05, 4.69) is 15.4 Å². The second kappa shape index (κ2) is 9.09. The van der Waals surface area contributed by atoms with Crippen LogP contribution in [0.1, 0.15) is 31.9 Å². The van der Waals surface area contributed by atoms with Crippen LogP contribution in [0, 0.1) is 19.7 Å². The number of thiophene rings is 1. The quantitative estimate of drug-likeness (QED) is 0.444. The lowest BCUT2D eigenvalue weighted by Crippen LogP contribution is -2.12. The van der Waals surface area contributed by atoms with Crippen LogP contribution in [-0.4, -0.2) is 20.7 Å². The lowest BCUT2D eigenvalue weighted by molar-refractivity contribution is 0.102. The van der Waals surface area contributed by atoms with Crippen LogP contribution in [-0.2, 0) is 13.2 Å². The van der Waals surface area contributed by atoms with Gasteiger partial charge in [-0.25, -0.2) is 14.1 Å². The van der Waals surface area contributed by atoms with Gasteiger partial charge >= 0.3 is 0 Å². The van der Waals surface area contributed by atoms with E-state index in [-0.39, 0.29) is 17.7 Å². The number of amides is 1. The van der Waals surface area contributed by atoms with Gasteiger partial charge in [0.2, 0.25) is 5.95 Å². The number of rotatable bonds is 7. The molecule has 8 heteroatoms. The van der Waals surface area contributed by atoms with E-state index in [0.717, 1.165) is 28.0 Å². The van der Waals surface area contributed by atoms with Crippen molar-refractivity contribution in [2.75, 3.05) is 5.32 Å². The predicted molar refractivity (Wildman–Crippen MR) is 118 cm³/mol. The molecule has 0 fully saturated rings. The molecule has 2 aromatic carbocycles. The maximum atomic E-state index is 13.3. The minimum atomic E-state index is -0.304. The van der Waals surface area contributed by atoms with Gasteiger partial charge in [0.25, 0.3) is 5.91 Å².